The topological polar surface area (TPSA) is 34.1 Å². The Bertz CT molecular complexity index is 446. The van der Waals surface area contributed by atoms with Crippen molar-refractivity contribution in [1.82, 2.24) is 0 Å². The summed E-state index contributed by atoms with van der Waals surface area (Å²) in [5.41, 5.74) is 0. The number of rotatable bonds is 1. The summed E-state index contributed by atoms with van der Waals surface area (Å²) >= 11 is 1.36. The Balaban J connectivity index is 3.53. The molecule has 0 aromatic heterocycles. The molecule has 0 atom stereocenters. The van der Waals surface area contributed by atoms with Gasteiger partial charge in [0.2, 0.25) is 0 Å². The number of hydrogen-bond donors (Lipinski definition) is 0. The van der Waals surface area contributed by atoms with E-state index in [4.69, 9.17) is 10.7 Å². The van der Waals surface area contributed by atoms with Crippen molar-refractivity contribution in [1.29, 1.82) is 0 Å². The molecule has 0 saturated carbocycles. The van der Waals surface area contributed by atoms with Gasteiger partial charge in [-0.15, -0.1) is 0 Å². The SMILES string of the molecule is O=S(=O)(Cl)c1ccc(F)c(I)c1F. The first-order valence-electron chi connectivity index (χ1n) is 2.92. The van der Waals surface area contributed by atoms with Crippen molar-refractivity contribution < 1.29 is 17.2 Å². The minimum absolute atomic E-state index is 0.390. The molecule has 1 aromatic carbocycles. The molecule has 0 aliphatic carbocycles. The van der Waals surface area contributed by atoms with Gasteiger partial charge >= 0.3 is 0 Å². The van der Waals surface area contributed by atoms with E-state index in [1.54, 1.807) is 0 Å². The van der Waals surface area contributed by atoms with Gasteiger partial charge < -0.3 is 0 Å². The average molecular weight is 338 g/mol. The molecule has 0 aliphatic heterocycles. The lowest BCUT2D eigenvalue weighted by atomic mass is 10.3. The van der Waals surface area contributed by atoms with E-state index in [0.717, 1.165) is 12.1 Å². The van der Waals surface area contributed by atoms with Crippen molar-refractivity contribution in [3.63, 3.8) is 0 Å². The van der Waals surface area contributed by atoms with E-state index < -0.39 is 25.6 Å². The summed E-state index contributed by atoms with van der Waals surface area (Å²) in [5, 5.41) is 0. The van der Waals surface area contributed by atoms with Gasteiger partial charge in [-0.1, -0.05) is 0 Å². The highest BCUT2D eigenvalue weighted by Gasteiger charge is 2.20. The highest BCUT2D eigenvalue weighted by atomic mass is 127. The Labute approximate surface area is 91.5 Å². The minimum Gasteiger partial charge on any atom is -0.207 e. The van der Waals surface area contributed by atoms with Gasteiger partial charge in [-0.25, -0.2) is 17.2 Å². The third kappa shape index (κ3) is 2.29. The van der Waals surface area contributed by atoms with E-state index in [-0.39, 0.29) is 3.57 Å². The predicted molar refractivity (Wildman–Crippen MR) is 52.1 cm³/mol. The van der Waals surface area contributed by atoms with Crippen molar-refractivity contribution >= 4 is 42.3 Å². The van der Waals surface area contributed by atoms with Gasteiger partial charge in [0.05, 0.1) is 3.57 Å². The molecule has 72 valence electrons. The average Bonchev–Trinajstić information content (AvgIpc) is 1.98. The Morgan fingerprint density at radius 1 is 1.31 bits per heavy atom. The zero-order valence-corrected chi connectivity index (χ0v) is 9.62. The summed E-state index contributed by atoms with van der Waals surface area (Å²) in [6.07, 6.45) is 0. The molecule has 0 radical (unpaired) electrons. The van der Waals surface area contributed by atoms with Crippen LogP contribution in [0.4, 0.5) is 8.78 Å². The summed E-state index contributed by atoms with van der Waals surface area (Å²) < 4.78 is 46.8. The van der Waals surface area contributed by atoms with Crippen molar-refractivity contribution in [2.45, 2.75) is 4.90 Å². The maximum Gasteiger partial charge on any atom is 0.264 e. The van der Waals surface area contributed by atoms with Crippen LogP contribution in [0.1, 0.15) is 0 Å². The molecule has 1 aromatic rings. The van der Waals surface area contributed by atoms with Crippen LogP contribution in [-0.2, 0) is 9.05 Å². The zero-order valence-electron chi connectivity index (χ0n) is 5.89. The van der Waals surface area contributed by atoms with Crippen LogP contribution in [0.3, 0.4) is 0 Å². The summed E-state index contributed by atoms with van der Waals surface area (Å²) in [7, 11) is 0.748. The second kappa shape index (κ2) is 3.66. The van der Waals surface area contributed by atoms with E-state index in [9.17, 15) is 17.2 Å². The van der Waals surface area contributed by atoms with Gasteiger partial charge in [0, 0.05) is 10.7 Å². The van der Waals surface area contributed by atoms with E-state index in [2.05, 4.69) is 0 Å². The highest BCUT2D eigenvalue weighted by Crippen LogP contribution is 2.24. The van der Waals surface area contributed by atoms with Crippen molar-refractivity contribution in [2.24, 2.45) is 0 Å². The molecule has 0 N–H and O–H groups in total. The number of hydrogen-bond acceptors (Lipinski definition) is 2. The molecular weight excluding hydrogens is 336 g/mol. The summed E-state index contributed by atoms with van der Waals surface area (Å²) in [6, 6.07) is 1.63. The lowest BCUT2D eigenvalue weighted by Crippen LogP contribution is -1.99. The first kappa shape index (κ1) is 11.1. The summed E-state index contributed by atoms with van der Waals surface area (Å²) in [5.74, 6) is -1.97. The largest absolute Gasteiger partial charge is 0.264 e. The maximum atomic E-state index is 13.0. The van der Waals surface area contributed by atoms with Crippen LogP contribution in [0.25, 0.3) is 0 Å². The Morgan fingerprint density at radius 2 is 1.85 bits per heavy atom. The van der Waals surface area contributed by atoms with E-state index in [0.29, 0.717) is 0 Å². The lowest BCUT2D eigenvalue weighted by molar-refractivity contribution is 0.543. The van der Waals surface area contributed by atoms with Gasteiger partial charge in [-0.2, -0.15) is 0 Å². The van der Waals surface area contributed by atoms with Gasteiger partial charge in [0.1, 0.15) is 10.7 Å². The van der Waals surface area contributed by atoms with Crippen molar-refractivity contribution in [2.75, 3.05) is 0 Å². The fraction of sp³-hybridized carbons (Fsp3) is 0. The molecule has 7 heteroatoms. The van der Waals surface area contributed by atoms with E-state index in [1.807, 2.05) is 0 Å². The summed E-state index contributed by atoms with van der Waals surface area (Å²) in [6.45, 7) is 0. The normalized spacial score (nSPS) is 11.7. The zero-order chi connectivity index (χ0) is 10.2. The lowest BCUT2D eigenvalue weighted by Gasteiger charge is -2.00. The maximum absolute atomic E-state index is 13.0. The molecule has 2 nitrogen and oxygen atoms in total. The monoisotopic (exact) mass is 338 g/mol. The molecular formula is C6H2ClF2IO2S. The van der Waals surface area contributed by atoms with Crippen molar-refractivity contribution in [3.05, 3.63) is 27.3 Å². The first-order chi connectivity index (χ1) is 5.84. The fourth-order valence-electron chi connectivity index (χ4n) is 0.696. The molecule has 0 amide bonds. The Morgan fingerprint density at radius 3 is 2.31 bits per heavy atom. The first-order valence-corrected chi connectivity index (χ1v) is 6.31. The van der Waals surface area contributed by atoms with Gasteiger partial charge in [0.15, 0.2) is 5.82 Å². The quantitative estimate of drug-likeness (QED) is 0.448. The second-order valence-electron chi connectivity index (χ2n) is 2.11. The van der Waals surface area contributed by atoms with Crippen LogP contribution >= 0.6 is 33.3 Å². The molecule has 0 fully saturated rings. The smallest absolute Gasteiger partial charge is 0.207 e. The van der Waals surface area contributed by atoms with Gasteiger partial charge in [0.25, 0.3) is 9.05 Å². The third-order valence-corrected chi connectivity index (χ3v) is 3.59. The van der Waals surface area contributed by atoms with Crippen LogP contribution in [0.15, 0.2) is 17.0 Å². The molecule has 0 aliphatic rings. The van der Waals surface area contributed by atoms with Crippen molar-refractivity contribution in [3.8, 4) is 0 Å². The standard InChI is InChI=1S/C6H2ClF2IO2S/c7-13(11,12)4-2-1-3(8)6(10)5(4)9/h1-2H. The van der Waals surface area contributed by atoms with E-state index >= 15 is 0 Å². The van der Waals surface area contributed by atoms with Gasteiger partial charge in [-0.3, -0.25) is 0 Å². The molecule has 0 heterocycles. The number of halogens is 4. The predicted octanol–water partition coefficient (Wildman–Crippen LogP) is 2.50. The van der Waals surface area contributed by atoms with Crippen LogP contribution < -0.4 is 0 Å². The molecule has 0 spiro atoms. The van der Waals surface area contributed by atoms with Crippen LogP contribution in [0.5, 0.6) is 0 Å². The van der Waals surface area contributed by atoms with E-state index in [1.165, 1.54) is 22.6 Å². The third-order valence-electron chi connectivity index (χ3n) is 1.26. The fourth-order valence-corrected chi connectivity index (χ4v) is 2.25. The second-order valence-corrected chi connectivity index (χ2v) is 5.72. The molecule has 0 bridgehead atoms. The van der Waals surface area contributed by atoms with Crippen LogP contribution in [0, 0.1) is 15.2 Å². The minimum atomic E-state index is -4.15. The molecule has 13 heavy (non-hydrogen) atoms. The highest BCUT2D eigenvalue weighted by molar-refractivity contribution is 14.1. The summed E-state index contributed by atoms with van der Waals surface area (Å²) in [4.78, 5) is -0.708. The molecule has 1 rings (SSSR count). The molecule has 0 saturated heterocycles. The molecule has 0 unspecified atom stereocenters. The Kier molecular flexibility index (Phi) is 3.13. The van der Waals surface area contributed by atoms with Crippen LogP contribution in [0.2, 0.25) is 0 Å². The van der Waals surface area contributed by atoms with Gasteiger partial charge in [-0.05, 0) is 34.7 Å². The van der Waals surface area contributed by atoms with Crippen LogP contribution in [-0.4, -0.2) is 8.42 Å². The number of benzene rings is 1. The Hall–Kier alpha value is 0.0500.